The number of carbonyl (C=O) groups excluding carboxylic acids is 1. The largest absolute Gasteiger partial charge is 0.496 e. The van der Waals surface area contributed by atoms with Crippen molar-refractivity contribution in [1.29, 1.82) is 0 Å². The summed E-state index contributed by atoms with van der Waals surface area (Å²) in [5.74, 6) is -0.692. The van der Waals surface area contributed by atoms with E-state index in [1.165, 1.54) is 0 Å². The van der Waals surface area contributed by atoms with Crippen LogP contribution in [0.1, 0.15) is 33.9 Å². The molecular weight excluding hydrogens is 368 g/mol. The number of aryl methyl sites for hydroxylation is 1. The Kier molecular flexibility index (Phi) is 6.24. The van der Waals surface area contributed by atoms with Gasteiger partial charge in [0.15, 0.2) is 0 Å². The standard InChI is InChI=1S/C23H22N2O4/c1-15-7-3-4-8-17(15)20(14-22(26)27)25-23(28)16-11-12-24-19(13-16)18-9-5-6-10-21(18)29-2/h3-13,20H,14H2,1-2H3,(H,25,28)(H,26,27)/t20-/m0/s1. The number of methoxy groups -OCH3 is 1. The van der Waals surface area contributed by atoms with Crippen LogP contribution in [0.4, 0.5) is 0 Å². The van der Waals surface area contributed by atoms with Gasteiger partial charge in [-0.15, -0.1) is 0 Å². The van der Waals surface area contributed by atoms with Crippen molar-refractivity contribution in [3.8, 4) is 17.0 Å². The van der Waals surface area contributed by atoms with Crippen molar-refractivity contribution < 1.29 is 19.4 Å². The number of aliphatic carboxylic acids is 1. The van der Waals surface area contributed by atoms with E-state index in [9.17, 15) is 14.7 Å². The van der Waals surface area contributed by atoms with E-state index >= 15 is 0 Å². The van der Waals surface area contributed by atoms with Crippen molar-refractivity contribution in [2.45, 2.75) is 19.4 Å². The van der Waals surface area contributed by atoms with Crippen LogP contribution in [0.5, 0.6) is 5.75 Å². The number of ether oxygens (including phenoxy) is 1. The first kappa shape index (κ1) is 20.1. The zero-order valence-corrected chi connectivity index (χ0v) is 16.3. The third-order valence-corrected chi connectivity index (χ3v) is 4.65. The van der Waals surface area contributed by atoms with Crippen LogP contribution in [-0.2, 0) is 4.79 Å². The molecule has 1 amide bonds. The van der Waals surface area contributed by atoms with Gasteiger partial charge in [0.25, 0.3) is 5.91 Å². The van der Waals surface area contributed by atoms with Crippen LogP contribution in [0.25, 0.3) is 11.3 Å². The van der Waals surface area contributed by atoms with Crippen molar-refractivity contribution in [3.63, 3.8) is 0 Å². The highest BCUT2D eigenvalue weighted by atomic mass is 16.5. The summed E-state index contributed by atoms with van der Waals surface area (Å²) < 4.78 is 5.37. The maximum absolute atomic E-state index is 12.9. The Bertz CT molecular complexity index is 1030. The van der Waals surface area contributed by atoms with Crippen molar-refractivity contribution in [3.05, 3.63) is 83.6 Å². The number of hydrogen-bond donors (Lipinski definition) is 2. The topological polar surface area (TPSA) is 88.5 Å². The van der Waals surface area contributed by atoms with Gasteiger partial charge >= 0.3 is 5.97 Å². The minimum atomic E-state index is -0.983. The molecule has 2 aromatic carbocycles. The van der Waals surface area contributed by atoms with Crippen LogP contribution in [0.2, 0.25) is 0 Å². The molecule has 0 bridgehead atoms. The lowest BCUT2D eigenvalue weighted by atomic mass is 9.98. The molecule has 0 unspecified atom stereocenters. The first-order valence-corrected chi connectivity index (χ1v) is 9.17. The molecule has 0 aliphatic rings. The molecule has 0 fully saturated rings. The molecule has 0 saturated heterocycles. The molecular formula is C23H22N2O4. The summed E-state index contributed by atoms with van der Waals surface area (Å²) in [5.41, 5.74) is 3.46. The van der Waals surface area contributed by atoms with Crippen molar-refractivity contribution in [2.24, 2.45) is 0 Å². The summed E-state index contributed by atoms with van der Waals surface area (Å²) in [6, 6.07) is 17.5. The summed E-state index contributed by atoms with van der Waals surface area (Å²) in [6.45, 7) is 1.89. The number of nitrogens with one attached hydrogen (secondary N) is 1. The van der Waals surface area contributed by atoms with Crippen LogP contribution in [0.15, 0.2) is 66.9 Å². The van der Waals surface area contributed by atoms with Crippen molar-refractivity contribution in [1.82, 2.24) is 10.3 Å². The average Bonchev–Trinajstić information content (AvgIpc) is 2.73. The predicted octanol–water partition coefficient (Wildman–Crippen LogP) is 4.01. The number of hydrogen-bond acceptors (Lipinski definition) is 4. The fourth-order valence-corrected chi connectivity index (χ4v) is 3.21. The third kappa shape index (κ3) is 4.79. The lowest BCUT2D eigenvalue weighted by Gasteiger charge is -2.19. The highest BCUT2D eigenvalue weighted by molar-refractivity contribution is 5.95. The predicted molar refractivity (Wildman–Crippen MR) is 110 cm³/mol. The van der Waals surface area contributed by atoms with Gasteiger partial charge in [-0.1, -0.05) is 36.4 Å². The molecule has 1 atom stereocenters. The Morgan fingerprint density at radius 1 is 1.10 bits per heavy atom. The van der Waals surface area contributed by atoms with Crippen LogP contribution in [0.3, 0.4) is 0 Å². The number of para-hydroxylation sites is 1. The number of aromatic nitrogens is 1. The summed E-state index contributed by atoms with van der Waals surface area (Å²) in [5, 5.41) is 12.1. The molecule has 3 aromatic rings. The van der Waals surface area contributed by atoms with Gasteiger partial charge in [-0.05, 0) is 42.3 Å². The Balaban J connectivity index is 1.89. The monoisotopic (exact) mass is 390 g/mol. The number of carbonyl (C=O) groups is 2. The molecule has 0 aliphatic carbocycles. The SMILES string of the molecule is COc1ccccc1-c1cc(C(=O)N[C@@H](CC(=O)O)c2ccccc2C)ccn1. The number of nitrogens with zero attached hydrogens (tertiary/aromatic N) is 1. The highest BCUT2D eigenvalue weighted by Gasteiger charge is 2.21. The smallest absolute Gasteiger partial charge is 0.305 e. The molecule has 1 aromatic heterocycles. The van der Waals surface area contributed by atoms with E-state index in [2.05, 4.69) is 10.3 Å². The van der Waals surface area contributed by atoms with Gasteiger partial charge in [0.2, 0.25) is 0 Å². The number of carboxylic acids is 1. The molecule has 3 rings (SSSR count). The summed E-state index contributed by atoms with van der Waals surface area (Å²) in [7, 11) is 1.58. The fraction of sp³-hybridized carbons (Fsp3) is 0.174. The maximum atomic E-state index is 12.9. The number of amides is 1. The van der Waals surface area contributed by atoms with Crippen LogP contribution >= 0.6 is 0 Å². The molecule has 29 heavy (non-hydrogen) atoms. The fourth-order valence-electron chi connectivity index (χ4n) is 3.21. The van der Waals surface area contributed by atoms with Gasteiger partial charge < -0.3 is 15.2 Å². The minimum Gasteiger partial charge on any atom is -0.496 e. The first-order valence-electron chi connectivity index (χ1n) is 9.17. The second-order valence-corrected chi connectivity index (χ2v) is 6.61. The van der Waals surface area contributed by atoms with E-state index < -0.39 is 12.0 Å². The molecule has 1 heterocycles. The molecule has 6 heteroatoms. The van der Waals surface area contributed by atoms with Gasteiger partial charge in [0, 0.05) is 17.3 Å². The number of carboxylic acid groups (broad SMARTS) is 1. The Hall–Kier alpha value is -3.67. The Labute approximate surface area is 169 Å². The van der Waals surface area contributed by atoms with E-state index in [1.54, 1.807) is 25.4 Å². The van der Waals surface area contributed by atoms with E-state index in [4.69, 9.17) is 4.74 Å². The summed E-state index contributed by atoms with van der Waals surface area (Å²) in [4.78, 5) is 28.6. The van der Waals surface area contributed by atoms with E-state index in [0.717, 1.165) is 16.7 Å². The molecule has 0 saturated carbocycles. The molecule has 0 radical (unpaired) electrons. The highest BCUT2D eigenvalue weighted by Crippen LogP contribution is 2.28. The quantitative estimate of drug-likeness (QED) is 0.636. The van der Waals surface area contributed by atoms with Crippen molar-refractivity contribution >= 4 is 11.9 Å². The van der Waals surface area contributed by atoms with Crippen LogP contribution in [0, 0.1) is 6.92 Å². The van der Waals surface area contributed by atoms with E-state index in [0.29, 0.717) is 17.0 Å². The molecule has 2 N–H and O–H groups in total. The molecule has 0 aliphatic heterocycles. The molecule has 148 valence electrons. The maximum Gasteiger partial charge on any atom is 0.305 e. The van der Waals surface area contributed by atoms with Gasteiger partial charge in [-0.3, -0.25) is 14.6 Å². The average molecular weight is 390 g/mol. The van der Waals surface area contributed by atoms with Gasteiger partial charge in [0.05, 0.1) is 25.3 Å². The van der Waals surface area contributed by atoms with Gasteiger partial charge in [-0.2, -0.15) is 0 Å². The lowest BCUT2D eigenvalue weighted by molar-refractivity contribution is -0.137. The van der Waals surface area contributed by atoms with Gasteiger partial charge in [0.1, 0.15) is 5.75 Å². The Morgan fingerprint density at radius 3 is 2.55 bits per heavy atom. The summed E-state index contributed by atoms with van der Waals surface area (Å²) in [6.07, 6.45) is 1.34. The number of rotatable bonds is 7. The zero-order chi connectivity index (χ0) is 20.8. The third-order valence-electron chi connectivity index (χ3n) is 4.65. The molecule has 6 nitrogen and oxygen atoms in total. The number of benzene rings is 2. The Morgan fingerprint density at radius 2 is 1.83 bits per heavy atom. The van der Waals surface area contributed by atoms with E-state index in [1.807, 2.05) is 55.5 Å². The number of pyridine rings is 1. The second-order valence-electron chi connectivity index (χ2n) is 6.61. The zero-order valence-electron chi connectivity index (χ0n) is 16.3. The first-order chi connectivity index (χ1) is 14.0. The van der Waals surface area contributed by atoms with Crippen molar-refractivity contribution in [2.75, 3.05) is 7.11 Å². The normalized spacial score (nSPS) is 11.5. The van der Waals surface area contributed by atoms with Crippen LogP contribution < -0.4 is 10.1 Å². The lowest BCUT2D eigenvalue weighted by Crippen LogP contribution is -2.30. The van der Waals surface area contributed by atoms with E-state index in [-0.39, 0.29) is 12.3 Å². The minimum absolute atomic E-state index is 0.207. The summed E-state index contributed by atoms with van der Waals surface area (Å²) >= 11 is 0. The molecule has 0 spiro atoms. The second kappa shape index (κ2) is 9.01. The van der Waals surface area contributed by atoms with Gasteiger partial charge in [-0.25, -0.2) is 0 Å². The van der Waals surface area contributed by atoms with Crippen LogP contribution in [-0.4, -0.2) is 29.1 Å².